The summed E-state index contributed by atoms with van der Waals surface area (Å²) < 4.78 is 38.5. The Bertz CT molecular complexity index is 411. The molecule has 1 fully saturated rings. The second kappa shape index (κ2) is 3.68. The third-order valence-corrected chi connectivity index (χ3v) is 2.51. The summed E-state index contributed by atoms with van der Waals surface area (Å²) in [6.07, 6.45) is 2.13. The monoisotopic (exact) mass is 214 g/mol. The molecule has 0 heterocycles. The molecule has 0 aromatic heterocycles. The number of carbonyl (C=O) groups excluding carboxylic acids is 1. The lowest BCUT2D eigenvalue weighted by Gasteiger charge is -2.02. The fourth-order valence-electron chi connectivity index (χ4n) is 1.44. The van der Waals surface area contributed by atoms with Crippen LogP contribution in [0, 0.1) is 23.4 Å². The van der Waals surface area contributed by atoms with Crippen molar-refractivity contribution in [1.82, 2.24) is 0 Å². The van der Waals surface area contributed by atoms with E-state index < -0.39 is 23.2 Å². The number of ketones is 1. The highest BCUT2D eigenvalue weighted by Crippen LogP contribution is 2.34. The standard InChI is InChI=1S/C11H9F3O/c12-8-4-3-7(10(13)11(8)14)9(15)5-6-1-2-6/h3-4,6H,1-2,5H2. The van der Waals surface area contributed by atoms with E-state index in [1.54, 1.807) is 0 Å². The molecule has 1 aliphatic rings. The molecule has 1 aliphatic carbocycles. The number of rotatable bonds is 3. The number of Topliss-reactive ketones (excluding diaryl/α,β-unsaturated/α-hetero) is 1. The molecular weight excluding hydrogens is 205 g/mol. The van der Waals surface area contributed by atoms with Gasteiger partial charge in [0.2, 0.25) is 0 Å². The van der Waals surface area contributed by atoms with Crippen LogP contribution >= 0.6 is 0 Å². The molecule has 0 bridgehead atoms. The second-order valence-electron chi connectivity index (χ2n) is 3.79. The van der Waals surface area contributed by atoms with Crippen LogP contribution in [0.3, 0.4) is 0 Å². The number of benzene rings is 1. The van der Waals surface area contributed by atoms with Crippen LogP contribution in [-0.2, 0) is 0 Å². The predicted molar refractivity (Wildman–Crippen MR) is 48.0 cm³/mol. The number of carbonyl (C=O) groups is 1. The third-order valence-electron chi connectivity index (χ3n) is 2.51. The maximum atomic E-state index is 13.1. The van der Waals surface area contributed by atoms with Gasteiger partial charge in [0.1, 0.15) is 0 Å². The molecule has 0 radical (unpaired) electrons. The molecule has 0 N–H and O–H groups in total. The Hall–Kier alpha value is -1.32. The fourth-order valence-corrected chi connectivity index (χ4v) is 1.44. The first-order chi connectivity index (χ1) is 7.09. The van der Waals surface area contributed by atoms with Crippen molar-refractivity contribution in [2.24, 2.45) is 5.92 Å². The van der Waals surface area contributed by atoms with Crippen LogP contribution in [0.4, 0.5) is 13.2 Å². The summed E-state index contributed by atoms with van der Waals surface area (Å²) in [6.45, 7) is 0. The minimum absolute atomic E-state index is 0.224. The minimum Gasteiger partial charge on any atom is -0.294 e. The molecule has 1 saturated carbocycles. The Morgan fingerprint density at radius 3 is 2.47 bits per heavy atom. The molecule has 80 valence electrons. The van der Waals surface area contributed by atoms with Crippen molar-refractivity contribution in [3.8, 4) is 0 Å². The summed E-state index contributed by atoms with van der Waals surface area (Å²) in [7, 11) is 0. The predicted octanol–water partition coefficient (Wildman–Crippen LogP) is 3.09. The van der Waals surface area contributed by atoms with Crippen LogP contribution in [0.1, 0.15) is 29.6 Å². The van der Waals surface area contributed by atoms with Crippen molar-refractivity contribution in [3.63, 3.8) is 0 Å². The van der Waals surface area contributed by atoms with E-state index >= 15 is 0 Å². The quantitative estimate of drug-likeness (QED) is 0.558. The molecule has 0 aliphatic heterocycles. The zero-order chi connectivity index (χ0) is 11.0. The normalized spacial score (nSPS) is 15.4. The van der Waals surface area contributed by atoms with E-state index in [0.717, 1.165) is 25.0 Å². The van der Waals surface area contributed by atoms with Crippen LogP contribution in [0.15, 0.2) is 12.1 Å². The third kappa shape index (κ3) is 2.03. The van der Waals surface area contributed by atoms with Gasteiger partial charge in [-0.2, -0.15) is 0 Å². The Labute approximate surface area is 84.9 Å². The molecule has 2 rings (SSSR count). The molecule has 0 atom stereocenters. The van der Waals surface area contributed by atoms with Crippen molar-refractivity contribution < 1.29 is 18.0 Å². The SMILES string of the molecule is O=C(CC1CC1)c1ccc(F)c(F)c1F. The highest BCUT2D eigenvalue weighted by atomic mass is 19.2. The van der Waals surface area contributed by atoms with E-state index in [1.807, 2.05) is 0 Å². The van der Waals surface area contributed by atoms with Gasteiger partial charge in [0, 0.05) is 6.42 Å². The molecule has 15 heavy (non-hydrogen) atoms. The molecular formula is C11H9F3O. The van der Waals surface area contributed by atoms with Crippen molar-refractivity contribution in [2.75, 3.05) is 0 Å². The lowest BCUT2D eigenvalue weighted by molar-refractivity contribution is 0.0971. The molecule has 0 spiro atoms. The summed E-state index contributed by atoms with van der Waals surface area (Å²) in [5.41, 5.74) is -0.346. The van der Waals surface area contributed by atoms with Gasteiger partial charge >= 0.3 is 0 Å². The van der Waals surface area contributed by atoms with Gasteiger partial charge in [-0.15, -0.1) is 0 Å². The number of halogens is 3. The maximum Gasteiger partial charge on any atom is 0.195 e. The topological polar surface area (TPSA) is 17.1 Å². The van der Waals surface area contributed by atoms with Gasteiger partial charge in [0.15, 0.2) is 23.2 Å². The van der Waals surface area contributed by atoms with Gasteiger partial charge in [-0.1, -0.05) is 0 Å². The van der Waals surface area contributed by atoms with E-state index in [-0.39, 0.29) is 12.0 Å². The number of hydrogen-bond acceptors (Lipinski definition) is 1. The van der Waals surface area contributed by atoms with Crippen molar-refractivity contribution in [2.45, 2.75) is 19.3 Å². The van der Waals surface area contributed by atoms with Crippen LogP contribution in [0.5, 0.6) is 0 Å². The van der Waals surface area contributed by atoms with Gasteiger partial charge in [-0.3, -0.25) is 4.79 Å². The molecule has 0 saturated heterocycles. The minimum atomic E-state index is -1.57. The lowest BCUT2D eigenvalue weighted by atomic mass is 10.1. The lowest BCUT2D eigenvalue weighted by Crippen LogP contribution is -2.06. The van der Waals surface area contributed by atoms with Crippen molar-refractivity contribution >= 4 is 5.78 Å². The summed E-state index contributed by atoms with van der Waals surface area (Å²) in [4.78, 5) is 11.5. The van der Waals surface area contributed by atoms with Crippen molar-refractivity contribution in [1.29, 1.82) is 0 Å². The zero-order valence-corrected chi connectivity index (χ0v) is 7.90. The van der Waals surface area contributed by atoms with E-state index in [0.29, 0.717) is 5.92 Å². The average Bonchev–Trinajstić information content (AvgIpc) is 2.98. The summed E-state index contributed by atoms with van der Waals surface area (Å²) in [5, 5.41) is 0. The van der Waals surface area contributed by atoms with Gasteiger partial charge in [-0.25, -0.2) is 13.2 Å². The molecule has 1 aromatic carbocycles. The first kappa shape index (κ1) is 10.2. The Morgan fingerprint density at radius 1 is 1.20 bits per heavy atom. The van der Waals surface area contributed by atoms with Crippen LogP contribution in [-0.4, -0.2) is 5.78 Å². The first-order valence-electron chi connectivity index (χ1n) is 4.76. The van der Waals surface area contributed by atoms with E-state index in [2.05, 4.69) is 0 Å². The Kier molecular flexibility index (Phi) is 2.50. The van der Waals surface area contributed by atoms with Gasteiger partial charge in [-0.05, 0) is 30.9 Å². The van der Waals surface area contributed by atoms with E-state index in [9.17, 15) is 18.0 Å². The zero-order valence-electron chi connectivity index (χ0n) is 7.90. The maximum absolute atomic E-state index is 13.1. The highest BCUT2D eigenvalue weighted by Gasteiger charge is 2.27. The Morgan fingerprint density at radius 2 is 1.87 bits per heavy atom. The molecule has 1 aromatic rings. The summed E-state index contributed by atoms with van der Waals surface area (Å²) in [5.74, 6) is -4.37. The summed E-state index contributed by atoms with van der Waals surface area (Å²) in [6, 6.07) is 1.77. The largest absolute Gasteiger partial charge is 0.294 e. The van der Waals surface area contributed by atoms with E-state index in [1.165, 1.54) is 0 Å². The van der Waals surface area contributed by atoms with Crippen LogP contribution < -0.4 is 0 Å². The number of hydrogen-bond donors (Lipinski definition) is 0. The smallest absolute Gasteiger partial charge is 0.195 e. The highest BCUT2D eigenvalue weighted by molar-refractivity contribution is 5.96. The molecule has 0 amide bonds. The molecule has 0 unspecified atom stereocenters. The first-order valence-corrected chi connectivity index (χ1v) is 4.76. The van der Waals surface area contributed by atoms with Crippen LogP contribution in [0.2, 0.25) is 0 Å². The molecule has 1 nitrogen and oxygen atoms in total. The van der Waals surface area contributed by atoms with Gasteiger partial charge in [0.05, 0.1) is 5.56 Å². The average molecular weight is 214 g/mol. The Balaban J connectivity index is 2.26. The van der Waals surface area contributed by atoms with Crippen LogP contribution in [0.25, 0.3) is 0 Å². The van der Waals surface area contributed by atoms with Crippen molar-refractivity contribution in [3.05, 3.63) is 35.1 Å². The molecule has 4 heteroatoms. The van der Waals surface area contributed by atoms with Gasteiger partial charge in [0.25, 0.3) is 0 Å². The summed E-state index contributed by atoms with van der Waals surface area (Å²) >= 11 is 0. The van der Waals surface area contributed by atoms with Gasteiger partial charge < -0.3 is 0 Å². The van der Waals surface area contributed by atoms with E-state index in [4.69, 9.17) is 0 Å². The second-order valence-corrected chi connectivity index (χ2v) is 3.79. The fraction of sp³-hybridized carbons (Fsp3) is 0.364.